The number of nitrogens with one attached hydrogen (secondary N) is 2. The molecular weight excluding hydrogens is 272 g/mol. The third-order valence-corrected chi connectivity index (χ3v) is 3.74. The summed E-state index contributed by atoms with van der Waals surface area (Å²) < 4.78 is 10.6. The van der Waals surface area contributed by atoms with E-state index in [0.29, 0.717) is 18.1 Å². The van der Waals surface area contributed by atoms with E-state index < -0.39 is 0 Å². The van der Waals surface area contributed by atoms with Crippen molar-refractivity contribution >= 4 is 6.03 Å². The minimum absolute atomic E-state index is 0.0389. The first-order chi connectivity index (χ1) is 10.1. The Bertz CT molecular complexity index is 457. The topological polar surface area (TPSA) is 89.3 Å². The Balaban J connectivity index is 1.89. The molecule has 1 saturated heterocycles. The molecule has 1 aromatic heterocycles. The Morgan fingerprint density at radius 1 is 1.38 bits per heavy atom. The van der Waals surface area contributed by atoms with E-state index >= 15 is 0 Å². The summed E-state index contributed by atoms with van der Waals surface area (Å²) in [6.45, 7) is 6.53. The van der Waals surface area contributed by atoms with Gasteiger partial charge in [0.05, 0.1) is 18.2 Å². The molecule has 0 bridgehead atoms. The van der Waals surface area contributed by atoms with Gasteiger partial charge >= 0.3 is 6.03 Å². The maximum absolute atomic E-state index is 12.2. The zero-order chi connectivity index (χ0) is 15.2. The van der Waals surface area contributed by atoms with Crippen LogP contribution in [-0.2, 0) is 4.74 Å². The summed E-state index contributed by atoms with van der Waals surface area (Å²) in [6.07, 6.45) is 3.72. The minimum atomic E-state index is -0.246. The van der Waals surface area contributed by atoms with Crippen molar-refractivity contribution in [2.45, 2.75) is 64.6 Å². The third kappa shape index (κ3) is 4.17. The fraction of sp³-hybridized carbons (Fsp3) is 0.786. The van der Waals surface area contributed by atoms with Crippen LogP contribution in [0.1, 0.15) is 57.3 Å². The van der Waals surface area contributed by atoms with Crippen molar-refractivity contribution in [1.82, 2.24) is 20.8 Å². The van der Waals surface area contributed by atoms with Crippen molar-refractivity contribution in [2.75, 3.05) is 6.61 Å². The molecule has 1 aliphatic rings. The van der Waals surface area contributed by atoms with Gasteiger partial charge in [0.2, 0.25) is 5.89 Å². The monoisotopic (exact) mass is 296 g/mol. The highest BCUT2D eigenvalue weighted by atomic mass is 16.5. The zero-order valence-electron chi connectivity index (χ0n) is 12.9. The van der Waals surface area contributed by atoms with Crippen LogP contribution in [0.25, 0.3) is 0 Å². The van der Waals surface area contributed by atoms with E-state index in [1.54, 1.807) is 6.92 Å². The number of aryl methyl sites for hydroxylation is 1. The molecule has 0 radical (unpaired) electrons. The molecule has 2 amide bonds. The molecule has 2 rings (SSSR count). The Kier molecular flexibility index (Phi) is 5.55. The second kappa shape index (κ2) is 7.40. The van der Waals surface area contributed by atoms with Crippen molar-refractivity contribution in [3.63, 3.8) is 0 Å². The molecule has 0 saturated carbocycles. The van der Waals surface area contributed by atoms with E-state index in [2.05, 4.69) is 20.8 Å². The van der Waals surface area contributed by atoms with Gasteiger partial charge in [0, 0.05) is 13.5 Å². The molecule has 0 unspecified atom stereocenters. The molecular formula is C14H24N4O3. The van der Waals surface area contributed by atoms with Gasteiger partial charge in [-0.25, -0.2) is 4.79 Å². The lowest BCUT2D eigenvalue weighted by molar-refractivity contribution is 0.0794. The Morgan fingerprint density at radius 3 is 2.71 bits per heavy atom. The number of hydrogen-bond acceptors (Lipinski definition) is 5. The van der Waals surface area contributed by atoms with E-state index in [-0.39, 0.29) is 24.2 Å². The molecule has 0 aromatic carbocycles. The molecule has 7 heteroatoms. The highest BCUT2D eigenvalue weighted by Crippen LogP contribution is 2.18. The van der Waals surface area contributed by atoms with Crippen LogP contribution in [0.15, 0.2) is 4.52 Å². The normalized spacial score (nSPS) is 21.0. The van der Waals surface area contributed by atoms with Crippen molar-refractivity contribution in [2.24, 2.45) is 0 Å². The third-order valence-electron chi connectivity index (χ3n) is 3.74. The molecule has 1 aromatic rings. The Morgan fingerprint density at radius 2 is 2.19 bits per heavy atom. The minimum Gasteiger partial charge on any atom is -0.376 e. The molecule has 1 fully saturated rings. The first kappa shape index (κ1) is 15.8. The number of nitrogens with zero attached hydrogens (tertiary/aromatic N) is 2. The molecule has 118 valence electrons. The smallest absolute Gasteiger partial charge is 0.315 e. The average Bonchev–Trinajstić information content (AvgIpc) is 3.13. The molecule has 2 N–H and O–H groups in total. The van der Waals surface area contributed by atoms with Crippen LogP contribution in [0.5, 0.6) is 0 Å². The van der Waals surface area contributed by atoms with Gasteiger partial charge in [0.1, 0.15) is 0 Å². The summed E-state index contributed by atoms with van der Waals surface area (Å²) in [4.78, 5) is 16.3. The predicted octanol–water partition coefficient (Wildman–Crippen LogP) is 2.09. The van der Waals surface area contributed by atoms with Crippen LogP contribution in [0.2, 0.25) is 0 Å². The molecule has 0 aliphatic carbocycles. The Labute approximate surface area is 124 Å². The van der Waals surface area contributed by atoms with Crippen molar-refractivity contribution in [3.8, 4) is 0 Å². The predicted molar refractivity (Wildman–Crippen MR) is 76.8 cm³/mol. The quantitative estimate of drug-likeness (QED) is 0.839. The van der Waals surface area contributed by atoms with Crippen LogP contribution in [0.3, 0.4) is 0 Å². The summed E-state index contributed by atoms with van der Waals surface area (Å²) in [7, 11) is 0. The fourth-order valence-electron chi connectivity index (χ4n) is 2.55. The van der Waals surface area contributed by atoms with Gasteiger partial charge in [0.15, 0.2) is 5.82 Å². The van der Waals surface area contributed by atoms with Crippen LogP contribution >= 0.6 is 0 Å². The molecule has 0 spiro atoms. The number of carbonyl (C=O) groups is 1. The zero-order valence-corrected chi connectivity index (χ0v) is 12.9. The van der Waals surface area contributed by atoms with Crippen LogP contribution in [-0.4, -0.2) is 34.9 Å². The highest BCUT2D eigenvalue weighted by molar-refractivity contribution is 5.74. The van der Waals surface area contributed by atoms with Gasteiger partial charge in [-0.05, 0) is 25.7 Å². The number of hydrogen-bond donors (Lipinski definition) is 2. The van der Waals surface area contributed by atoms with Crippen molar-refractivity contribution in [1.29, 1.82) is 0 Å². The van der Waals surface area contributed by atoms with E-state index in [1.807, 2.05) is 13.8 Å². The lowest BCUT2D eigenvalue weighted by Gasteiger charge is -2.24. The number of aromatic nitrogens is 2. The summed E-state index contributed by atoms with van der Waals surface area (Å²) in [6, 6.07) is -0.423. The molecule has 1 aliphatic heterocycles. The van der Waals surface area contributed by atoms with Gasteiger partial charge in [-0.2, -0.15) is 4.98 Å². The summed E-state index contributed by atoms with van der Waals surface area (Å²) in [5, 5.41) is 9.75. The highest BCUT2D eigenvalue weighted by Gasteiger charge is 2.27. The van der Waals surface area contributed by atoms with Gasteiger partial charge < -0.3 is 19.9 Å². The van der Waals surface area contributed by atoms with Crippen LogP contribution in [0, 0.1) is 6.92 Å². The standard InChI is InChI=1S/C14H24N4O3/c1-4-10(12-7-6-8-20-12)16-14(19)17-11(5-2)13-15-9(3)21-18-13/h10-12H,4-8H2,1-3H3,(H2,16,17,19)/t10-,11+,12-/m1/s1. The Hall–Kier alpha value is -1.63. The van der Waals surface area contributed by atoms with E-state index in [9.17, 15) is 4.79 Å². The number of amides is 2. The van der Waals surface area contributed by atoms with Gasteiger partial charge in [-0.15, -0.1) is 0 Å². The number of rotatable bonds is 6. The van der Waals surface area contributed by atoms with E-state index in [1.165, 1.54) is 0 Å². The van der Waals surface area contributed by atoms with E-state index in [4.69, 9.17) is 9.26 Å². The molecule has 3 atom stereocenters. The van der Waals surface area contributed by atoms with E-state index in [0.717, 1.165) is 25.9 Å². The molecule has 2 heterocycles. The molecule has 7 nitrogen and oxygen atoms in total. The van der Waals surface area contributed by atoms with Crippen LogP contribution < -0.4 is 10.6 Å². The average molecular weight is 296 g/mol. The number of carbonyl (C=O) groups excluding carboxylic acids is 1. The summed E-state index contributed by atoms with van der Waals surface area (Å²) >= 11 is 0. The van der Waals surface area contributed by atoms with Crippen LogP contribution in [0.4, 0.5) is 4.79 Å². The second-order valence-electron chi connectivity index (χ2n) is 5.32. The number of ether oxygens (including phenoxy) is 1. The van der Waals surface area contributed by atoms with Crippen molar-refractivity contribution < 1.29 is 14.1 Å². The van der Waals surface area contributed by atoms with Crippen molar-refractivity contribution in [3.05, 3.63) is 11.7 Å². The first-order valence-corrected chi connectivity index (χ1v) is 7.62. The van der Waals surface area contributed by atoms with Gasteiger partial charge in [-0.1, -0.05) is 19.0 Å². The summed E-state index contributed by atoms with van der Waals surface area (Å²) in [5.74, 6) is 1.01. The van der Waals surface area contributed by atoms with Gasteiger partial charge in [-0.3, -0.25) is 0 Å². The fourth-order valence-corrected chi connectivity index (χ4v) is 2.55. The first-order valence-electron chi connectivity index (χ1n) is 7.62. The summed E-state index contributed by atoms with van der Waals surface area (Å²) in [5.41, 5.74) is 0. The second-order valence-corrected chi connectivity index (χ2v) is 5.32. The maximum atomic E-state index is 12.2. The SMILES string of the molecule is CC[C@H](NC(=O)N[C@H](CC)[C@H]1CCCO1)c1noc(C)n1. The maximum Gasteiger partial charge on any atom is 0.315 e. The lowest BCUT2D eigenvalue weighted by Crippen LogP contribution is -2.48. The van der Waals surface area contributed by atoms with Gasteiger partial charge in [0.25, 0.3) is 0 Å². The number of urea groups is 1. The lowest BCUT2D eigenvalue weighted by atomic mass is 10.1. The largest absolute Gasteiger partial charge is 0.376 e. The molecule has 21 heavy (non-hydrogen) atoms.